The Hall–Kier alpha value is -5.87. The highest BCUT2D eigenvalue weighted by atomic mass is 28.4. The zero-order valence-electron chi connectivity index (χ0n) is 45.3. The van der Waals surface area contributed by atoms with E-state index in [1.807, 2.05) is 13.1 Å². The van der Waals surface area contributed by atoms with Gasteiger partial charge in [0.25, 0.3) is 14.2 Å². The predicted octanol–water partition coefficient (Wildman–Crippen LogP) is 9.88. The Balaban J connectivity index is 2.09. The standard InChI is InChI=1S/C52H83N7O11Si2/c1-17-25-68-50(64)57-45(32(2)3)47(61)56-41(19-18-24-54-49(53)63)46(60)55-38-22-20-37(21-23-38)30-59(51(65)66)42-28-44(70-72(33(4)5,34(6)7)35(8)9)43(67-14)27-40(42)48(62)58-29-36(10)26-39(58)31-69-71(15,16)52(11,12)13/h17,20-23,27-29,32-35,39,41,45H,1,18-19,24-26,30-31H2,2-16H3,(H,55,60)(H,56,61)(H,57,64)(H,65,66)(H3,53,54,63)/t39-,41-,45-/m0/s1. The Labute approximate surface area is 429 Å². The zero-order chi connectivity index (χ0) is 54.5. The average Bonchev–Trinajstić information content (AvgIpc) is 3.67. The largest absolute Gasteiger partial charge is 0.540 e. The van der Waals surface area contributed by atoms with Crippen LogP contribution >= 0.6 is 0 Å². The number of rotatable bonds is 25. The van der Waals surface area contributed by atoms with E-state index >= 15 is 4.79 Å². The maximum atomic E-state index is 15.1. The number of carbonyl (C=O) groups is 6. The van der Waals surface area contributed by atoms with Gasteiger partial charge in [-0.3, -0.25) is 19.3 Å². The van der Waals surface area contributed by atoms with Crippen LogP contribution in [0.1, 0.15) is 118 Å². The number of anilines is 2. The molecular formula is C52H83N7O11Si2. The summed E-state index contributed by atoms with van der Waals surface area (Å²) < 4.78 is 24.8. The first-order valence-corrected chi connectivity index (χ1v) is 29.9. The summed E-state index contributed by atoms with van der Waals surface area (Å²) in [7, 11) is -3.35. The molecule has 7 amide bonds. The minimum absolute atomic E-state index is 0.0578. The molecule has 0 aromatic heterocycles. The molecule has 3 rings (SSSR count). The monoisotopic (exact) mass is 1040 g/mol. The van der Waals surface area contributed by atoms with Crippen LogP contribution in [-0.4, -0.2) is 108 Å². The van der Waals surface area contributed by atoms with Crippen molar-refractivity contribution in [1.82, 2.24) is 20.9 Å². The number of carboxylic acid groups (broad SMARTS) is 1. The number of urea groups is 1. The van der Waals surface area contributed by atoms with Crippen LogP contribution in [0.2, 0.25) is 34.8 Å². The third-order valence-corrected chi connectivity index (χ3v) is 24.2. The van der Waals surface area contributed by atoms with Crippen LogP contribution in [-0.2, 0) is 25.3 Å². The van der Waals surface area contributed by atoms with E-state index in [9.17, 15) is 29.1 Å². The van der Waals surface area contributed by atoms with E-state index in [0.29, 0.717) is 35.8 Å². The first-order chi connectivity index (χ1) is 33.5. The van der Waals surface area contributed by atoms with Crippen molar-refractivity contribution in [2.75, 3.05) is 37.1 Å². The summed E-state index contributed by atoms with van der Waals surface area (Å²) in [6.45, 7) is 32.8. The Morgan fingerprint density at radius 2 is 1.54 bits per heavy atom. The zero-order valence-corrected chi connectivity index (χ0v) is 47.3. The lowest BCUT2D eigenvalue weighted by Gasteiger charge is -2.42. The van der Waals surface area contributed by atoms with E-state index in [0.717, 1.165) is 10.5 Å². The molecule has 3 atom stereocenters. The van der Waals surface area contributed by atoms with E-state index in [1.165, 1.54) is 13.2 Å². The molecule has 20 heteroatoms. The van der Waals surface area contributed by atoms with Crippen molar-refractivity contribution < 1.29 is 52.2 Å². The summed E-state index contributed by atoms with van der Waals surface area (Å²) in [6, 6.07) is 6.48. The molecule has 7 N–H and O–H groups in total. The second kappa shape index (κ2) is 26.2. The van der Waals surface area contributed by atoms with Crippen LogP contribution in [0.15, 0.2) is 60.8 Å². The van der Waals surface area contributed by atoms with Gasteiger partial charge in [-0.2, -0.15) is 0 Å². The van der Waals surface area contributed by atoms with Crippen molar-refractivity contribution in [1.29, 1.82) is 0 Å². The average molecular weight is 1040 g/mol. The molecule has 0 spiro atoms. The van der Waals surface area contributed by atoms with Crippen molar-refractivity contribution in [3.63, 3.8) is 0 Å². The maximum Gasteiger partial charge on any atom is 0.412 e. The van der Waals surface area contributed by atoms with Crippen LogP contribution in [0.5, 0.6) is 11.5 Å². The molecule has 0 saturated heterocycles. The highest BCUT2D eigenvalue weighted by molar-refractivity contribution is 6.78. The Bertz CT molecular complexity index is 2240. The van der Waals surface area contributed by atoms with Crippen molar-refractivity contribution in [3.05, 3.63) is 72.0 Å². The molecular weight excluding hydrogens is 955 g/mol. The van der Waals surface area contributed by atoms with Crippen molar-refractivity contribution in [2.45, 2.75) is 162 Å². The van der Waals surface area contributed by atoms with E-state index in [4.69, 9.17) is 24.1 Å². The lowest BCUT2D eigenvalue weighted by atomic mass is 10.0. The fourth-order valence-corrected chi connectivity index (χ4v) is 15.2. The molecule has 400 valence electrons. The number of hydrogen-bond donors (Lipinski definition) is 6. The van der Waals surface area contributed by atoms with Crippen molar-refractivity contribution in [3.8, 4) is 11.5 Å². The minimum atomic E-state index is -2.65. The number of carbonyl (C=O) groups excluding carboxylic acids is 5. The molecule has 1 aliphatic heterocycles. The predicted molar refractivity (Wildman–Crippen MR) is 287 cm³/mol. The van der Waals surface area contributed by atoms with Gasteiger partial charge in [-0.25, -0.2) is 14.4 Å². The summed E-state index contributed by atoms with van der Waals surface area (Å²) in [5, 5.41) is 21.5. The molecule has 2 aromatic rings. The van der Waals surface area contributed by atoms with Gasteiger partial charge in [-0.15, -0.1) is 0 Å². The number of benzene rings is 2. The smallest absolute Gasteiger partial charge is 0.412 e. The summed E-state index contributed by atoms with van der Waals surface area (Å²) >= 11 is 0. The number of methoxy groups -OCH3 is 1. The van der Waals surface area contributed by atoms with Gasteiger partial charge in [0.15, 0.2) is 14.1 Å². The molecule has 2 aromatic carbocycles. The van der Waals surface area contributed by atoms with Crippen LogP contribution in [0.3, 0.4) is 0 Å². The van der Waals surface area contributed by atoms with Gasteiger partial charge in [0.2, 0.25) is 11.8 Å². The molecule has 0 radical (unpaired) electrons. The quantitative estimate of drug-likeness (QED) is 0.0311. The van der Waals surface area contributed by atoms with Gasteiger partial charge < -0.3 is 55.3 Å². The summed E-state index contributed by atoms with van der Waals surface area (Å²) in [5.74, 6) is -1.37. The van der Waals surface area contributed by atoms with E-state index in [2.05, 4.69) is 103 Å². The normalized spacial score (nSPS) is 14.9. The highest BCUT2D eigenvalue weighted by Gasteiger charge is 2.48. The van der Waals surface area contributed by atoms with Gasteiger partial charge >= 0.3 is 18.2 Å². The summed E-state index contributed by atoms with van der Waals surface area (Å²) in [6.07, 6.45) is 1.99. The molecule has 0 aliphatic carbocycles. The highest BCUT2D eigenvalue weighted by Crippen LogP contribution is 2.47. The topological polar surface area (TPSA) is 240 Å². The number of nitrogens with two attached hydrogens (primary N) is 1. The molecule has 1 heterocycles. The first kappa shape index (κ1) is 60.4. The number of hydrogen-bond acceptors (Lipinski definition) is 10. The number of amides is 7. The maximum absolute atomic E-state index is 15.1. The Morgan fingerprint density at radius 1 is 0.931 bits per heavy atom. The van der Waals surface area contributed by atoms with Crippen LogP contribution in [0.4, 0.5) is 25.8 Å². The number of nitrogens with zero attached hydrogens (tertiary/aromatic N) is 2. The molecule has 72 heavy (non-hydrogen) atoms. The number of ether oxygens (including phenoxy) is 2. The number of alkyl carbamates (subject to hydrolysis) is 1. The number of nitrogens with one attached hydrogen (secondary N) is 4. The second-order valence-corrected chi connectivity index (χ2v) is 31.5. The first-order valence-electron chi connectivity index (χ1n) is 24.8. The van der Waals surface area contributed by atoms with E-state index in [1.54, 1.807) is 55.1 Å². The third-order valence-electron chi connectivity index (χ3n) is 13.7. The summed E-state index contributed by atoms with van der Waals surface area (Å²) in [4.78, 5) is 82.5. The molecule has 0 fully saturated rings. The fourth-order valence-electron chi connectivity index (χ4n) is 8.86. The van der Waals surface area contributed by atoms with Gasteiger partial charge in [0.05, 0.1) is 37.6 Å². The van der Waals surface area contributed by atoms with Crippen LogP contribution < -0.4 is 41.1 Å². The molecule has 0 bridgehead atoms. The molecule has 0 saturated carbocycles. The molecule has 18 nitrogen and oxygen atoms in total. The number of primary amides is 1. The van der Waals surface area contributed by atoms with E-state index in [-0.39, 0.29) is 77.4 Å². The Morgan fingerprint density at radius 3 is 2.06 bits per heavy atom. The van der Waals surface area contributed by atoms with Crippen molar-refractivity contribution in [2.24, 2.45) is 11.7 Å². The van der Waals surface area contributed by atoms with Crippen molar-refractivity contribution >= 4 is 63.9 Å². The Kier molecular flexibility index (Phi) is 22.0. The molecule has 1 aliphatic rings. The summed E-state index contributed by atoms with van der Waals surface area (Å²) in [5.41, 5.74) is 7.78. The lowest BCUT2D eigenvalue weighted by molar-refractivity contribution is -0.128. The van der Waals surface area contributed by atoms with Crippen LogP contribution in [0.25, 0.3) is 0 Å². The SMILES string of the molecule is C=CCOC(=O)N[C@H](C(=O)N[C@@H](CCCNC(N)=O)C(=O)Nc1ccc(CN(C(=O)O)c2cc(O[Si](C(C)C)(C(C)C)C(C)C)c(OC)cc2C(=O)N2C=C(C)C[C@H]2CO[Si](C)(C)C(C)(C)C)cc1)C(C)C. The lowest BCUT2D eigenvalue weighted by Crippen LogP contribution is -2.54. The van der Waals surface area contributed by atoms with Gasteiger partial charge in [-0.05, 0) is 90.6 Å². The van der Waals surface area contributed by atoms with Crippen LogP contribution in [0, 0.1) is 5.92 Å². The van der Waals surface area contributed by atoms with Gasteiger partial charge in [0, 0.05) is 24.5 Å². The van der Waals surface area contributed by atoms with Gasteiger partial charge in [-0.1, -0.05) is 107 Å². The van der Waals surface area contributed by atoms with E-state index < -0.39 is 64.7 Å². The second-order valence-electron chi connectivity index (χ2n) is 21.4. The minimum Gasteiger partial charge on any atom is -0.540 e. The fraction of sp³-hybridized carbons (Fsp3) is 0.577. The molecule has 0 unspecified atom stereocenters. The third kappa shape index (κ3) is 15.8. The van der Waals surface area contributed by atoms with Gasteiger partial charge in [0.1, 0.15) is 24.4 Å².